The van der Waals surface area contributed by atoms with E-state index in [1.165, 1.54) is 0 Å². The van der Waals surface area contributed by atoms with Crippen molar-refractivity contribution in [2.24, 2.45) is 11.5 Å². The zero-order valence-electron chi connectivity index (χ0n) is 5.57. The standard InChI is InChI=1S/C6H14N2/c1-5(7)3-6(2,8)4-5/h3-4,7-8H2,1-2H3. The van der Waals surface area contributed by atoms with Crippen LogP contribution < -0.4 is 11.5 Å². The summed E-state index contributed by atoms with van der Waals surface area (Å²) in [6.07, 6.45) is 1.92. The van der Waals surface area contributed by atoms with E-state index in [0.29, 0.717) is 0 Å². The van der Waals surface area contributed by atoms with Gasteiger partial charge < -0.3 is 11.5 Å². The molecule has 1 saturated carbocycles. The maximum absolute atomic E-state index is 5.72. The van der Waals surface area contributed by atoms with Gasteiger partial charge in [-0.1, -0.05) is 0 Å². The third kappa shape index (κ3) is 1.01. The second kappa shape index (κ2) is 1.25. The Morgan fingerprint density at radius 3 is 1.25 bits per heavy atom. The molecule has 4 N–H and O–H groups in total. The summed E-state index contributed by atoms with van der Waals surface area (Å²) in [6, 6.07) is 0. The van der Waals surface area contributed by atoms with Crippen LogP contribution in [0.25, 0.3) is 0 Å². The van der Waals surface area contributed by atoms with Gasteiger partial charge in [-0.2, -0.15) is 0 Å². The molecule has 0 heterocycles. The van der Waals surface area contributed by atoms with E-state index in [1.807, 2.05) is 13.8 Å². The molecule has 0 unspecified atom stereocenters. The average Bonchev–Trinajstić information content (AvgIpc) is 1.20. The molecule has 2 heteroatoms. The van der Waals surface area contributed by atoms with Crippen LogP contribution in [0.4, 0.5) is 0 Å². The fourth-order valence-electron chi connectivity index (χ4n) is 1.79. The highest BCUT2D eigenvalue weighted by Gasteiger charge is 2.43. The Morgan fingerprint density at radius 1 is 1.00 bits per heavy atom. The first-order chi connectivity index (χ1) is 3.41. The Balaban J connectivity index is 2.42. The molecule has 1 aliphatic rings. The molecule has 0 amide bonds. The second-order valence-electron chi connectivity index (χ2n) is 3.66. The minimum absolute atomic E-state index is 0.0312. The maximum Gasteiger partial charge on any atom is 0.0160 e. The molecule has 0 aromatic heterocycles. The zero-order valence-corrected chi connectivity index (χ0v) is 5.57. The Labute approximate surface area is 50.2 Å². The molecule has 0 saturated heterocycles. The van der Waals surface area contributed by atoms with Crippen LogP contribution in [0.2, 0.25) is 0 Å². The van der Waals surface area contributed by atoms with E-state index in [1.54, 1.807) is 0 Å². The smallest absolute Gasteiger partial charge is 0.0160 e. The zero-order chi connectivity index (χ0) is 6.41. The van der Waals surface area contributed by atoms with Gasteiger partial charge in [-0.05, 0) is 26.7 Å². The normalized spacial score (nSPS) is 55.5. The fraction of sp³-hybridized carbons (Fsp3) is 1.00. The molecular weight excluding hydrogens is 100 g/mol. The third-order valence-electron chi connectivity index (χ3n) is 1.62. The predicted molar refractivity (Wildman–Crippen MR) is 34.4 cm³/mol. The quantitative estimate of drug-likeness (QED) is 0.473. The van der Waals surface area contributed by atoms with E-state index in [4.69, 9.17) is 11.5 Å². The summed E-state index contributed by atoms with van der Waals surface area (Å²) in [5, 5.41) is 0. The van der Waals surface area contributed by atoms with E-state index < -0.39 is 0 Å². The molecule has 0 bridgehead atoms. The highest BCUT2D eigenvalue weighted by Crippen LogP contribution is 2.36. The van der Waals surface area contributed by atoms with Gasteiger partial charge >= 0.3 is 0 Å². The van der Waals surface area contributed by atoms with Crippen molar-refractivity contribution >= 4 is 0 Å². The van der Waals surface area contributed by atoms with E-state index in [0.717, 1.165) is 12.8 Å². The molecule has 0 atom stereocenters. The molecule has 0 radical (unpaired) electrons. The molecule has 48 valence electrons. The van der Waals surface area contributed by atoms with Crippen LogP contribution in [0.5, 0.6) is 0 Å². The Kier molecular flexibility index (Phi) is 0.946. The van der Waals surface area contributed by atoms with Crippen molar-refractivity contribution in [1.29, 1.82) is 0 Å². The SMILES string of the molecule is CC1(N)CC(C)(N)C1. The minimum atomic E-state index is 0.0312. The van der Waals surface area contributed by atoms with Crippen molar-refractivity contribution in [2.45, 2.75) is 37.8 Å². The van der Waals surface area contributed by atoms with Gasteiger partial charge in [0.25, 0.3) is 0 Å². The second-order valence-corrected chi connectivity index (χ2v) is 3.66. The van der Waals surface area contributed by atoms with Crippen LogP contribution in [-0.4, -0.2) is 11.1 Å². The van der Waals surface area contributed by atoms with Crippen molar-refractivity contribution in [3.63, 3.8) is 0 Å². The van der Waals surface area contributed by atoms with Crippen LogP contribution in [-0.2, 0) is 0 Å². The summed E-state index contributed by atoms with van der Waals surface area (Å²) in [5.74, 6) is 0. The van der Waals surface area contributed by atoms with Gasteiger partial charge in [-0.15, -0.1) is 0 Å². The lowest BCUT2D eigenvalue weighted by Gasteiger charge is -2.48. The Bertz CT molecular complexity index is 83.1. The van der Waals surface area contributed by atoms with Crippen LogP contribution in [0.15, 0.2) is 0 Å². The average molecular weight is 114 g/mol. The van der Waals surface area contributed by atoms with E-state index in [2.05, 4.69) is 0 Å². The lowest BCUT2D eigenvalue weighted by molar-refractivity contribution is 0.144. The maximum atomic E-state index is 5.72. The molecule has 1 aliphatic carbocycles. The van der Waals surface area contributed by atoms with Gasteiger partial charge in [0.05, 0.1) is 0 Å². The molecule has 0 aromatic rings. The Hall–Kier alpha value is -0.0800. The number of hydrogen-bond acceptors (Lipinski definition) is 2. The summed E-state index contributed by atoms with van der Waals surface area (Å²) in [5.41, 5.74) is 11.5. The van der Waals surface area contributed by atoms with Gasteiger partial charge in [0.15, 0.2) is 0 Å². The molecule has 8 heavy (non-hydrogen) atoms. The first-order valence-electron chi connectivity index (χ1n) is 2.99. The van der Waals surface area contributed by atoms with Crippen molar-refractivity contribution in [2.75, 3.05) is 0 Å². The lowest BCUT2D eigenvalue weighted by atomic mass is 9.66. The summed E-state index contributed by atoms with van der Waals surface area (Å²) in [7, 11) is 0. The van der Waals surface area contributed by atoms with E-state index >= 15 is 0 Å². The van der Waals surface area contributed by atoms with Gasteiger partial charge in [0.1, 0.15) is 0 Å². The molecule has 0 aromatic carbocycles. The summed E-state index contributed by atoms with van der Waals surface area (Å²) in [6.45, 7) is 4.09. The third-order valence-corrected chi connectivity index (χ3v) is 1.62. The van der Waals surface area contributed by atoms with Crippen LogP contribution in [0.3, 0.4) is 0 Å². The number of hydrogen-bond donors (Lipinski definition) is 2. The summed E-state index contributed by atoms with van der Waals surface area (Å²) < 4.78 is 0. The monoisotopic (exact) mass is 114 g/mol. The molecule has 1 rings (SSSR count). The molecular formula is C6H14N2. The van der Waals surface area contributed by atoms with Crippen molar-refractivity contribution < 1.29 is 0 Å². The first kappa shape index (κ1) is 6.05. The fourth-order valence-corrected chi connectivity index (χ4v) is 1.79. The van der Waals surface area contributed by atoms with E-state index in [-0.39, 0.29) is 11.1 Å². The predicted octanol–water partition coefficient (Wildman–Crippen LogP) is 0.215. The molecule has 0 spiro atoms. The van der Waals surface area contributed by atoms with Crippen LogP contribution in [0.1, 0.15) is 26.7 Å². The van der Waals surface area contributed by atoms with Crippen LogP contribution >= 0.6 is 0 Å². The summed E-state index contributed by atoms with van der Waals surface area (Å²) >= 11 is 0. The largest absolute Gasteiger partial charge is 0.325 e. The van der Waals surface area contributed by atoms with Gasteiger partial charge in [-0.3, -0.25) is 0 Å². The summed E-state index contributed by atoms with van der Waals surface area (Å²) in [4.78, 5) is 0. The first-order valence-corrected chi connectivity index (χ1v) is 2.99. The van der Waals surface area contributed by atoms with Crippen molar-refractivity contribution in [3.05, 3.63) is 0 Å². The number of nitrogens with two attached hydrogens (primary N) is 2. The lowest BCUT2D eigenvalue weighted by Crippen LogP contribution is -2.63. The highest BCUT2D eigenvalue weighted by atomic mass is 14.9. The van der Waals surface area contributed by atoms with Gasteiger partial charge in [0.2, 0.25) is 0 Å². The van der Waals surface area contributed by atoms with Gasteiger partial charge in [-0.25, -0.2) is 0 Å². The van der Waals surface area contributed by atoms with Gasteiger partial charge in [0, 0.05) is 11.1 Å². The molecule has 2 nitrogen and oxygen atoms in total. The van der Waals surface area contributed by atoms with E-state index in [9.17, 15) is 0 Å². The highest BCUT2D eigenvalue weighted by molar-refractivity contribution is 5.05. The minimum Gasteiger partial charge on any atom is -0.325 e. The number of rotatable bonds is 0. The van der Waals surface area contributed by atoms with Crippen molar-refractivity contribution in [1.82, 2.24) is 0 Å². The topological polar surface area (TPSA) is 52.0 Å². The van der Waals surface area contributed by atoms with Crippen LogP contribution in [0, 0.1) is 0 Å². The Morgan fingerprint density at radius 2 is 1.25 bits per heavy atom. The van der Waals surface area contributed by atoms with Crippen molar-refractivity contribution in [3.8, 4) is 0 Å². The molecule has 0 aliphatic heterocycles. The molecule has 1 fully saturated rings.